The lowest BCUT2D eigenvalue weighted by Crippen LogP contribution is -2.31. The summed E-state index contributed by atoms with van der Waals surface area (Å²) in [7, 11) is 0. The van der Waals surface area contributed by atoms with Crippen molar-refractivity contribution in [2.24, 2.45) is 0 Å². The van der Waals surface area contributed by atoms with Crippen LogP contribution in [-0.4, -0.2) is 22.7 Å². The van der Waals surface area contributed by atoms with Crippen molar-refractivity contribution in [2.45, 2.75) is 13.8 Å². The molecule has 2 aromatic rings. The Morgan fingerprint density at radius 2 is 1.87 bits per heavy atom. The van der Waals surface area contributed by atoms with Gasteiger partial charge in [0.2, 0.25) is 5.91 Å². The zero-order valence-corrected chi connectivity index (χ0v) is 12.5. The van der Waals surface area contributed by atoms with Crippen LogP contribution in [0.15, 0.2) is 41.2 Å². The first kappa shape index (κ1) is 14.8. The molecule has 1 aromatic carbocycles. The number of anilines is 1. The highest BCUT2D eigenvalue weighted by molar-refractivity contribution is 6.42. The zero-order chi connectivity index (χ0) is 16.7. The minimum Gasteiger partial charge on any atom is -0.506 e. The lowest BCUT2D eigenvalue weighted by Gasteiger charge is -2.12. The van der Waals surface area contributed by atoms with Gasteiger partial charge in [0, 0.05) is 18.1 Å². The molecule has 2 amide bonds. The molecule has 0 bridgehead atoms. The number of ketones is 1. The summed E-state index contributed by atoms with van der Waals surface area (Å²) in [6.07, 6.45) is 2.65. The molecule has 1 aliphatic heterocycles. The summed E-state index contributed by atoms with van der Waals surface area (Å²) < 4.78 is 4.91. The van der Waals surface area contributed by atoms with Gasteiger partial charge in [0.25, 0.3) is 5.91 Å². The number of Topliss-reactive ketones (excluding diaryl/α,β-unsaturated/α-hetero) is 1. The standard InChI is InChI=1S/C17H13NO5/c1-9(19)11-3-4-14-13(7-11)15(17(22)18(14)10(2)20)16(21)12-5-6-23-8-12/h3-8,21H,1-2H3/b16-15+. The van der Waals surface area contributed by atoms with Gasteiger partial charge in [-0.2, -0.15) is 0 Å². The summed E-state index contributed by atoms with van der Waals surface area (Å²) in [6, 6.07) is 6.08. The number of imide groups is 1. The molecule has 0 fully saturated rings. The average molecular weight is 311 g/mol. The van der Waals surface area contributed by atoms with Gasteiger partial charge in [-0.15, -0.1) is 0 Å². The quantitative estimate of drug-likeness (QED) is 0.523. The summed E-state index contributed by atoms with van der Waals surface area (Å²) in [5.74, 6) is -1.58. The molecule has 3 rings (SSSR count). The van der Waals surface area contributed by atoms with Gasteiger partial charge in [-0.25, -0.2) is 4.90 Å². The Bertz CT molecular complexity index is 861. The number of hydrogen-bond donors (Lipinski definition) is 1. The van der Waals surface area contributed by atoms with Crippen LogP contribution in [-0.2, 0) is 9.59 Å². The van der Waals surface area contributed by atoms with Gasteiger partial charge in [0.1, 0.15) is 12.0 Å². The molecule has 116 valence electrons. The first-order chi connectivity index (χ1) is 10.9. The molecule has 6 heteroatoms. The number of fused-ring (bicyclic) bond motifs is 1. The fourth-order valence-electron chi connectivity index (χ4n) is 2.57. The SMILES string of the molecule is CC(=O)c1ccc2c(c1)/C(=C(\O)c1ccoc1)C(=O)N2C(C)=O. The summed E-state index contributed by atoms with van der Waals surface area (Å²) in [5, 5.41) is 10.4. The average Bonchev–Trinajstić information content (AvgIpc) is 3.10. The molecule has 0 unspecified atom stereocenters. The van der Waals surface area contributed by atoms with Crippen molar-refractivity contribution >= 4 is 34.6 Å². The number of rotatable bonds is 2. The molecular formula is C17H13NO5. The summed E-state index contributed by atoms with van der Waals surface area (Å²) >= 11 is 0. The molecule has 0 saturated heterocycles. The minimum atomic E-state index is -0.632. The number of hydrogen-bond acceptors (Lipinski definition) is 5. The second-order valence-electron chi connectivity index (χ2n) is 5.18. The van der Waals surface area contributed by atoms with E-state index in [4.69, 9.17) is 4.42 Å². The molecule has 0 atom stereocenters. The van der Waals surface area contributed by atoms with Crippen LogP contribution >= 0.6 is 0 Å². The van der Waals surface area contributed by atoms with Crippen LogP contribution in [0.25, 0.3) is 11.3 Å². The van der Waals surface area contributed by atoms with Crippen LogP contribution < -0.4 is 4.90 Å². The van der Waals surface area contributed by atoms with Gasteiger partial charge in [-0.1, -0.05) is 0 Å². The Balaban J connectivity index is 2.29. The lowest BCUT2D eigenvalue weighted by atomic mass is 10.00. The van der Waals surface area contributed by atoms with Gasteiger partial charge < -0.3 is 9.52 Å². The highest BCUT2D eigenvalue weighted by Gasteiger charge is 2.38. The predicted octanol–water partition coefficient (Wildman–Crippen LogP) is 2.80. The largest absolute Gasteiger partial charge is 0.506 e. The van der Waals surface area contributed by atoms with Gasteiger partial charge in [-0.3, -0.25) is 14.4 Å². The van der Waals surface area contributed by atoms with Crippen molar-refractivity contribution < 1.29 is 23.9 Å². The van der Waals surface area contributed by atoms with E-state index in [2.05, 4.69) is 0 Å². The van der Waals surface area contributed by atoms with Crippen LogP contribution in [0, 0.1) is 0 Å². The topological polar surface area (TPSA) is 87.8 Å². The van der Waals surface area contributed by atoms with E-state index in [0.29, 0.717) is 22.4 Å². The Hall–Kier alpha value is -3.15. The van der Waals surface area contributed by atoms with Crippen molar-refractivity contribution in [3.8, 4) is 0 Å². The number of benzene rings is 1. The maximum atomic E-state index is 12.6. The fraction of sp³-hybridized carbons (Fsp3) is 0.118. The Labute approximate surface area is 131 Å². The number of carbonyl (C=O) groups is 3. The Kier molecular flexibility index (Phi) is 3.37. The third-order valence-electron chi connectivity index (χ3n) is 3.68. The van der Waals surface area contributed by atoms with Gasteiger partial charge in [0.05, 0.1) is 23.1 Å². The molecule has 0 aliphatic carbocycles. The second-order valence-corrected chi connectivity index (χ2v) is 5.18. The zero-order valence-electron chi connectivity index (χ0n) is 12.5. The van der Waals surface area contributed by atoms with E-state index >= 15 is 0 Å². The smallest absolute Gasteiger partial charge is 0.269 e. The normalized spacial score (nSPS) is 15.6. The van der Waals surface area contributed by atoms with E-state index < -0.39 is 11.8 Å². The molecule has 6 nitrogen and oxygen atoms in total. The van der Waals surface area contributed by atoms with E-state index in [9.17, 15) is 19.5 Å². The molecular weight excluding hydrogens is 298 g/mol. The van der Waals surface area contributed by atoms with Crippen molar-refractivity contribution in [3.63, 3.8) is 0 Å². The van der Waals surface area contributed by atoms with Crippen LogP contribution in [0.4, 0.5) is 5.69 Å². The predicted molar refractivity (Wildman–Crippen MR) is 82.8 cm³/mol. The highest BCUT2D eigenvalue weighted by atomic mass is 16.3. The molecule has 0 radical (unpaired) electrons. The Morgan fingerprint density at radius 3 is 2.43 bits per heavy atom. The number of carbonyl (C=O) groups excluding carboxylic acids is 3. The number of nitrogens with zero attached hydrogens (tertiary/aromatic N) is 1. The van der Waals surface area contributed by atoms with Gasteiger partial charge in [0.15, 0.2) is 5.78 Å². The third-order valence-corrected chi connectivity index (χ3v) is 3.68. The minimum absolute atomic E-state index is 0.0281. The monoisotopic (exact) mass is 311 g/mol. The Morgan fingerprint density at radius 1 is 1.13 bits per heavy atom. The van der Waals surface area contributed by atoms with Crippen LogP contribution in [0.5, 0.6) is 0 Å². The third kappa shape index (κ3) is 2.24. The maximum Gasteiger partial charge on any atom is 0.269 e. The molecule has 1 aliphatic rings. The summed E-state index contributed by atoms with van der Waals surface area (Å²) in [6.45, 7) is 2.67. The number of aliphatic hydroxyl groups is 1. The van der Waals surface area contributed by atoms with Crippen molar-refractivity contribution in [1.29, 1.82) is 0 Å². The van der Waals surface area contributed by atoms with E-state index in [1.807, 2.05) is 0 Å². The summed E-state index contributed by atoms with van der Waals surface area (Å²) in [5.41, 5.74) is 1.37. The van der Waals surface area contributed by atoms with Crippen molar-refractivity contribution in [3.05, 3.63) is 53.5 Å². The number of furan rings is 1. The van der Waals surface area contributed by atoms with Crippen molar-refractivity contribution in [1.82, 2.24) is 0 Å². The van der Waals surface area contributed by atoms with E-state index in [1.165, 1.54) is 44.6 Å². The van der Waals surface area contributed by atoms with Crippen LogP contribution in [0.3, 0.4) is 0 Å². The van der Waals surface area contributed by atoms with E-state index in [-0.39, 0.29) is 17.1 Å². The highest BCUT2D eigenvalue weighted by Crippen LogP contribution is 2.40. The van der Waals surface area contributed by atoms with Crippen LogP contribution in [0.1, 0.15) is 35.3 Å². The number of aliphatic hydroxyl groups excluding tert-OH is 1. The van der Waals surface area contributed by atoms with E-state index in [1.54, 1.807) is 6.07 Å². The first-order valence-corrected chi connectivity index (χ1v) is 6.88. The molecule has 0 spiro atoms. The maximum absolute atomic E-state index is 12.6. The second kappa shape index (κ2) is 5.24. The van der Waals surface area contributed by atoms with Gasteiger partial charge in [-0.05, 0) is 31.2 Å². The molecule has 2 heterocycles. The summed E-state index contributed by atoms with van der Waals surface area (Å²) in [4.78, 5) is 37.0. The van der Waals surface area contributed by atoms with Crippen molar-refractivity contribution in [2.75, 3.05) is 4.90 Å². The number of amides is 2. The molecule has 1 N–H and O–H groups in total. The molecule has 0 saturated carbocycles. The lowest BCUT2D eigenvalue weighted by molar-refractivity contribution is -0.122. The first-order valence-electron chi connectivity index (χ1n) is 6.88. The molecule has 1 aromatic heterocycles. The van der Waals surface area contributed by atoms with Gasteiger partial charge >= 0.3 is 0 Å². The fourth-order valence-corrected chi connectivity index (χ4v) is 2.57. The molecule has 23 heavy (non-hydrogen) atoms. The van der Waals surface area contributed by atoms with Crippen LogP contribution in [0.2, 0.25) is 0 Å². The van der Waals surface area contributed by atoms with E-state index in [0.717, 1.165) is 4.90 Å².